The Kier molecular flexibility index (Phi) is 5.91. The molecule has 5 nitrogen and oxygen atoms in total. The van der Waals surface area contributed by atoms with E-state index in [0.29, 0.717) is 33.5 Å². The van der Waals surface area contributed by atoms with Crippen molar-refractivity contribution >= 4 is 40.9 Å². The molecule has 1 aliphatic heterocycles. The SMILES string of the molecule is CC1=C(C(=O)Nc2cc(Cl)ccc2C(=O)NC2CCCC2)SCCO1. The highest BCUT2D eigenvalue weighted by Gasteiger charge is 2.23. The fourth-order valence-electron chi connectivity index (χ4n) is 3.06. The van der Waals surface area contributed by atoms with E-state index >= 15 is 0 Å². The number of hydrogen-bond donors (Lipinski definition) is 2. The summed E-state index contributed by atoms with van der Waals surface area (Å²) in [6.45, 7) is 2.37. The zero-order valence-corrected chi connectivity index (χ0v) is 15.6. The molecule has 1 aromatic rings. The molecule has 0 radical (unpaired) electrons. The number of anilines is 1. The van der Waals surface area contributed by atoms with Crippen LogP contribution in [-0.4, -0.2) is 30.2 Å². The first-order chi connectivity index (χ1) is 12.0. The molecule has 1 aromatic carbocycles. The van der Waals surface area contributed by atoms with E-state index in [1.54, 1.807) is 25.1 Å². The molecule has 0 atom stereocenters. The van der Waals surface area contributed by atoms with Crippen molar-refractivity contribution in [2.75, 3.05) is 17.7 Å². The van der Waals surface area contributed by atoms with E-state index in [9.17, 15) is 9.59 Å². The van der Waals surface area contributed by atoms with Crippen molar-refractivity contribution in [1.29, 1.82) is 0 Å². The van der Waals surface area contributed by atoms with E-state index in [2.05, 4.69) is 10.6 Å². The maximum atomic E-state index is 12.6. The zero-order valence-electron chi connectivity index (χ0n) is 14.1. The molecule has 1 aliphatic carbocycles. The van der Waals surface area contributed by atoms with Crippen LogP contribution in [0.15, 0.2) is 28.9 Å². The molecule has 2 amide bonds. The van der Waals surface area contributed by atoms with Gasteiger partial charge in [0.15, 0.2) is 0 Å². The van der Waals surface area contributed by atoms with Crippen molar-refractivity contribution in [3.63, 3.8) is 0 Å². The van der Waals surface area contributed by atoms with Crippen LogP contribution in [0.2, 0.25) is 5.02 Å². The van der Waals surface area contributed by atoms with Gasteiger partial charge in [-0.15, -0.1) is 11.8 Å². The van der Waals surface area contributed by atoms with Gasteiger partial charge in [0.2, 0.25) is 0 Å². The van der Waals surface area contributed by atoms with Crippen LogP contribution < -0.4 is 10.6 Å². The number of ether oxygens (including phenoxy) is 1. The lowest BCUT2D eigenvalue weighted by Crippen LogP contribution is -2.33. The number of nitrogens with one attached hydrogen (secondary N) is 2. The van der Waals surface area contributed by atoms with Gasteiger partial charge in [-0.05, 0) is 38.0 Å². The molecule has 7 heteroatoms. The van der Waals surface area contributed by atoms with E-state index in [1.165, 1.54) is 11.8 Å². The van der Waals surface area contributed by atoms with Gasteiger partial charge < -0.3 is 15.4 Å². The smallest absolute Gasteiger partial charge is 0.265 e. The number of halogens is 1. The average molecular weight is 381 g/mol. The highest BCUT2D eigenvalue weighted by atomic mass is 35.5. The second-order valence-electron chi connectivity index (χ2n) is 6.18. The molecule has 1 saturated carbocycles. The summed E-state index contributed by atoms with van der Waals surface area (Å²) in [4.78, 5) is 25.7. The third-order valence-corrected chi connectivity index (χ3v) is 5.71. The second-order valence-corrected chi connectivity index (χ2v) is 7.72. The number of carbonyl (C=O) groups is 2. The standard InChI is InChI=1S/C18H21ClN2O3S/c1-11-16(25-9-8-24-11)18(23)21-15-10-12(19)6-7-14(15)17(22)20-13-4-2-3-5-13/h6-7,10,13H,2-5,8-9H2,1H3,(H,20,22)(H,21,23). The van der Waals surface area contributed by atoms with E-state index in [1.807, 2.05) is 0 Å². The Morgan fingerprint density at radius 3 is 2.72 bits per heavy atom. The van der Waals surface area contributed by atoms with E-state index in [4.69, 9.17) is 16.3 Å². The third kappa shape index (κ3) is 4.50. The molecule has 0 spiro atoms. The van der Waals surface area contributed by atoms with Gasteiger partial charge in [0.05, 0.1) is 17.9 Å². The predicted molar refractivity (Wildman–Crippen MR) is 101 cm³/mol. The number of thioether (sulfide) groups is 1. The van der Waals surface area contributed by atoms with E-state index in [-0.39, 0.29) is 17.9 Å². The van der Waals surface area contributed by atoms with Crippen molar-refractivity contribution in [3.05, 3.63) is 39.4 Å². The molecule has 3 rings (SSSR count). The lowest BCUT2D eigenvalue weighted by molar-refractivity contribution is -0.112. The lowest BCUT2D eigenvalue weighted by atomic mass is 10.1. The Labute approximate surface area is 156 Å². The van der Waals surface area contributed by atoms with Gasteiger partial charge in [-0.3, -0.25) is 9.59 Å². The van der Waals surface area contributed by atoms with Gasteiger partial charge in [0.25, 0.3) is 11.8 Å². The number of benzene rings is 1. The highest BCUT2D eigenvalue weighted by molar-refractivity contribution is 8.04. The molecule has 1 heterocycles. The van der Waals surface area contributed by atoms with E-state index in [0.717, 1.165) is 31.4 Å². The first-order valence-electron chi connectivity index (χ1n) is 8.43. The summed E-state index contributed by atoms with van der Waals surface area (Å²) in [6.07, 6.45) is 4.28. The quantitative estimate of drug-likeness (QED) is 0.830. The summed E-state index contributed by atoms with van der Waals surface area (Å²) in [5.41, 5.74) is 0.837. The summed E-state index contributed by atoms with van der Waals surface area (Å²) < 4.78 is 5.43. The van der Waals surface area contributed by atoms with E-state index < -0.39 is 0 Å². The van der Waals surface area contributed by atoms with Gasteiger partial charge in [-0.1, -0.05) is 24.4 Å². The minimum absolute atomic E-state index is 0.183. The normalized spacial score (nSPS) is 18.0. The number of amides is 2. The van der Waals surface area contributed by atoms with Crippen molar-refractivity contribution in [3.8, 4) is 0 Å². The summed E-state index contributed by atoms with van der Waals surface area (Å²) in [7, 11) is 0. The summed E-state index contributed by atoms with van der Waals surface area (Å²) in [5.74, 6) is 0.870. The number of hydrogen-bond acceptors (Lipinski definition) is 4. The van der Waals surface area contributed by atoms with Crippen molar-refractivity contribution < 1.29 is 14.3 Å². The van der Waals surface area contributed by atoms with Crippen molar-refractivity contribution in [2.24, 2.45) is 0 Å². The molecule has 0 aromatic heterocycles. The minimum Gasteiger partial charge on any atom is -0.496 e. The van der Waals surface area contributed by atoms with Crippen LogP contribution in [-0.2, 0) is 9.53 Å². The maximum absolute atomic E-state index is 12.6. The Morgan fingerprint density at radius 1 is 1.24 bits per heavy atom. The van der Waals surface area contributed by atoms with Crippen molar-refractivity contribution in [1.82, 2.24) is 5.32 Å². The summed E-state index contributed by atoms with van der Waals surface area (Å²) in [5, 5.41) is 6.32. The molecular weight excluding hydrogens is 360 g/mol. The second kappa shape index (κ2) is 8.15. The monoisotopic (exact) mass is 380 g/mol. The molecule has 0 bridgehead atoms. The molecule has 134 valence electrons. The molecule has 0 saturated heterocycles. The summed E-state index contributed by atoms with van der Waals surface area (Å²) >= 11 is 7.52. The lowest BCUT2D eigenvalue weighted by Gasteiger charge is -2.19. The summed E-state index contributed by atoms with van der Waals surface area (Å²) in [6, 6.07) is 5.12. The molecule has 25 heavy (non-hydrogen) atoms. The number of rotatable bonds is 4. The first-order valence-corrected chi connectivity index (χ1v) is 9.79. The minimum atomic E-state index is -0.278. The van der Waals surface area contributed by atoms with Gasteiger partial charge in [-0.25, -0.2) is 0 Å². The predicted octanol–water partition coefficient (Wildman–Crippen LogP) is 3.95. The zero-order chi connectivity index (χ0) is 17.8. The fourth-order valence-corrected chi connectivity index (χ4v) is 4.05. The van der Waals surface area contributed by atoms with Crippen LogP contribution in [0, 0.1) is 0 Å². The first kappa shape index (κ1) is 18.1. The molecule has 2 aliphatic rings. The molecule has 1 fully saturated rings. The van der Waals surface area contributed by atoms with Crippen LogP contribution in [0.1, 0.15) is 43.0 Å². The Morgan fingerprint density at radius 2 is 2.00 bits per heavy atom. The average Bonchev–Trinajstić information content (AvgIpc) is 3.08. The third-order valence-electron chi connectivity index (χ3n) is 4.34. The van der Waals surface area contributed by atoms with Gasteiger partial charge >= 0.3 is 0 Å². The van der Waals surface area contributed by atoms with Gasteiger partial charge in [-0.2, -0.15) is 0 Å². The van der Waals surface area contributed by atoms with Crippen LogP contribution >= 0.6 is 23.4 Å². The number of carbonyl (C=O) groups excluding carboxylic acids is 2. The van der Waals surface area contributed by atoms with Gasteiger partial charge in [0.1, 0.15) is 10.7 Å². The molecule has 0 unspecified atom stereocenters. The molecule has 2 N–H and O–H groups in total. The topological polar surface area (TPSA) is 67.4 Å². The van der Waals surface area contributed by atoms with Crippen LogP contribution in [0.25, 0.3) is 0 Å². The van der Waals surface area contributed by atoms with Crippen molar-refractivity contribution in [2.45, 2.75) is 38.6 Å². The van der Waals surface area contributed by atoms with Crippen LogP contribution in [0.4, 0.5) is 5.69 Å². The Balaban J connectivity index is 1.79. The number of allylic oxidation sites excluding steroid dienone is 1. The van der Waals surface area contributed by atoms with Crippen LogP contribution in [0.5, 0.6) is 0 Å². The largest absolute Gasteiger partial charge is 0.496 e. The Bertz CT molecular complexity index is 714. The highest BCUT2D eigenvalue weighted by Crippen LogP contribution is 2.28. The Hall–Kier alpha value is -1.66. The van der Waals surface area contributed by atoms with Gasteiger partial charge in [0, 0.05) is 16.8 Å². The van der Waals surface area contributed by atoms with Crippen LogP contribution in [0.3, 0.4) is 0 Å². The maximum Gasteiger partial charge on any atom is 0.265 e. The fraction of sp³-hybridized carbons (Fsp3) is 0.444. The molecular formula is C18H21ClN2O3S.